The van der Waals surface area contributed by atoms with Crippen LogP contribution in [0.2, 0.25) is 0 Å². The van der Waals surface area contributed by atoms with Gasteiger partial charge in [0.2, 0.25) is 5.24 Å². The molecule has 92 valence electrons. The molecule has 1 fully saturated rings. The summed E-state index contributed by atoms with van der Waals surface area (Å²) < 4.78 is 5.25. The number of hydrogen-bond acceptors (Lipinski definition) is 3. The highest BCUT2D eigenvalue weighted by molar-refractivity contribution is 6.64. The maximum absolute atomic E-state index is 11.8. The average Bonchev–Trinajstić information content (AvgIpc) is 2.43. The highest BCUT2D eigenvalue weighted by atomic mass is 35.5. The highest BCUT2D eigenvalue weighted by Crippen LogP contribution is 2.27. The van der Waals surface area contributed by atoms with Crippen LogP contribution >= 0.6 is 11.6 Å². The van der Waals surface area contributed by atoms with Crippen molar-refractivity contribution in [2.75, 3.05) is 6.54 Å². The summed E-state index contributed by atoms with van der Waals surface area (Å²) in [4.78, 5) is 24.5. The van der Waals surface area contributed by atoms with Crippen molar-refractivity contribution >= 4 is 22.9 Å². The number of hydrogen-bond donors (Lipinski definition) is 0. The number of halogens is 1. The lowest BCUT2D eigenvalue weighted by Gasteiger charge is -2.27. The zero-order chi connectivity index (χ0) is 12.5. The molecule has 1 rings (SSSR count). The van der Waals surface area contributed by atoms with E-state index >= 15 is 0 Å². The third kappa shape index (κ3) is 3.11. The summed E-state index contributed by atoms with van der Waals surface area (Å²) in [6, 6.07) is -0.181. The van der Waals surface area contributed by atoms with Crippen molar-refractivity contribution in [3.05, 3.63) is 0 Å². The Bertz CT molecular complexity index is 298. The lowest BCUT2D eigenvalue weighted by Crippen LogP contribution is -2.40. The van der Waals surface area contributed by atoms with E-state index < -0.39 is 5.60 Å². The molecule has 1 amide bonds. The maximum atomic E-state index is 11.8. The Morgan fingerprint density at radius 1 is 1.38 bits per heavy atom. The molecule has 1 aliphatic rings. The first kappa shape index (κ1) is 13.3. The minimum atomic E-state index is -0.514. The van der Waals surface area contributed by atoms with E-state index in [1.807, 2.05) is 27.7 Å². The van der Waals surface area contributed by atoms with Crippen molar-refractivity contribution in [3.8, 4) is 0 Å². The Balaban J connectivity index is 2.63. The maximum Gasteiger partial charge on any atom is 0.410 e. The fraction of sp³-hybridized carbons (Fsp3) is 0.818. The molecule has 4 nitrogen and oxygen atoms in total. The van der Waals surface area contributed by atoms with Gasteiger partial charge in [-0.05, 0) is 45.7 Å². The second-order valence-corrected chi connectivity index (χ2v) is 5.49. The van der Waals surface area contributed by atoms with E-state index in [4.69, 9.17) is 16.3 Å². The van der Waals surface area contributed by atoms with Gasteiger partial charge in [-0.15, -0.1) is 0 Å². The normalized spacial score (nSPS) is 25.7. The first-order valence-corrected chi connectivity index (χ1v) is 5.79. The number of ether oxygens (including phenoxy) is 1. The molecule has 0 N–H and O–H groups in total. The summed E-state index contributed by atoms with van der Waals surface area (Å²) in [6.07, 6.45) is 0.239. The minimum absolute atomic E-state index is 0.181. The van der Waals surface area contributed by atoms with Gasteiger partial charge in [0.25, 0.3) is 0 Å². The first-order valence-electron chi connectivity index (χ1n) is 5.41. The van der Waals surface area contributed by atoms with Crippen LogP contribution in [0.25, 0.3) is 0 Å². The summed E-state index contributed by atoms with van der Waals surface area (Å²) >= 11 is 5.46. The van der Waals surface area contributed by atoms with Crippen molar-refractivity contribution in [1.82, 2.24) is 4.90 Å². The molecule has 1 heterocycles. The molecule has 0 unspecified atom stereocenters. The smallest absolute Gasteiger partial charge is 0.410 e. The van der Waals surface area contributed by atoms with Crippen molar-refractivity contribution in [2.45, 2.75) is 45.8 Å². The molecule has 0 spiro atoms. The van der Waals surface area contributed by atoms with E-state index in [0.717, 1.165) is 0 Å². The molecule has 0 aromatic carbocycles. The molecule has 0 aromatic heterocycles. The van der Waals surface area contributed by atoms with Gasteiger partial charge in [-0.2, -0.15) is 0 Å². The Labute approximate surface area is 101 Å². The molecular weight excluding hydrogens is 230 g/mol. The number of likely N-dealkylation sites (tertiary alicyclic amines) is 1. The Morgan fingerprint density at radius 2 is 1.94 bits per heavy atom. The SMILES string of the molecule is C[C@H]1[C@@H](C(=O)Cl)CCN1C(=O)OC(C)(C)C. The molecule has 16 heavy (non-hydrogen) atoms. The van der Waals surface area contributed by atoms with Crippen molar-refractivity contribution in [1.29, 1.82) is 0 Å². The Kier molecular flexibility index (Phi) is 3.84. The van der Waals surface area contributed by atoms with E-state index in [2.05, 4.69) is 0 Å². The summed E-state index contributed by atoms with van der Waals surface area (Å²) in [5.74, 6) is -0.269. The van der Waals surface area contributed by atoms with Crippen LogP contribution in [0.5, 0.6) is 0 Å². The second kappa shape index (κ2) is 4.62. The van der Waals surface area contributed by atoms with Gasteiger partial charge < -0.3 is 9.64 Å². The monoisotopic (exact) mass is 247 g/mol. The van der Waals surface area contributed by atoms with Gasteiger partial charge >= 0.3 is 6.09 Å². The zero-order valence-electron chi connectivity index (χ0n) is 10.1. The Morgan fingerprint density at radius 3 is 2.31 bits per heavy atom. The zero-order valence-corrected chi connectivity index (χ0v) is 10.9. The lowest BCUT2D eigenvalue weighted by molar-refractivity contribution is -0.115. The Hall–Kier alpha value is -0.770. The van der Waals surface area contributed by atoms with E-state index in [-0.39, 0.29) is 23.3 Å². The number of carbonyl (C=O) groups excluding carboxylic acids is 2. The number of amides is 1. The topological polar surface area (TPSA) is 46.6 Å². The fourth-order valence-electron chi connectivity index (χ4n) is 1.82. The lowest BCUT2D eigenvalue weighted by atomic mass is 10.0. The van der Waals surface area contributed by atoms with Gasteiger partial charge in [0.05, 0.1) is 5.92 Å². The molecule has 2 atom stereocenters. The van der Waals surface area contributed by atoms with Crippen molar-refractivity contribution in [3.63, 3.8) is 0 Å². The molecule has 1 aliphatic heterocycles. The quantitative estimate of drug-likeness (QED) is 0.669. The average molecular weight is 248 g/mol. The van der Waals surface area contributed by atoms with Gasteiger partial charge in [0, 0.05) is 12.6 Å². The van der Waals surface area contributed by atoms with Crippen LogP contribution in [-0.2, 0) is 9.53 Å². The van der Waals surface area contributed by atoms with Gasteiger partial charge in [-0.25, -0.2) is 4.79 Å². The van der Waals surface area contributed by atoms with Crippen LogP contribution < -0.4 is 0 Å². The molecule has 0 saturated carbocycles. The molecule has 0 aliphatic carbocycles. The summed E-state index contributed by atoms with van der Waals surface area (Å²) in [6.45, 7) is 7.79. The molecule has 5 heteroatoms. The number of nitrogens with zero attached hydrogens (tertiary/aromatic N) is 1. The molecule has 1 saturated heterocycles. The molecular formula is C11H18ClNO3. The van der Waals surface area contributed by atoms with Crippen molar-refractivity contribution in [2.24, 2.45) is 5.92 Å². The van der Waals surface area contributed by atoms with Gasteiger partial charge in [-0.1, -0.05) is 0 Å². The first-order chi connectivity index (χ1) is 7.22. The van der Waals surface area contributed by atoms with Crippen LogP contribution in [-0.4, -0.2) is 34.4 Å². The molecule has 0 radical (unpaired) electrons. The summed E-state index contributed by atoms with van der Waals surface area (Å²) in [7, 11) is 0. The predicted octanol–water partition coefficient (Wildman–Crippen LogP) is 2.40. The van der Waals surface area contributed by atoms with E-state index in [1.54, 1.807) is 4.90 Å². The van der Waals surface area contributed by atoms with Crippen LogP contribution in [0.1, 0.15) is 34.1 Å². The highest BCUT2D eigenvalue weighted by Gasteiger charge is 2.39. The van der Waals surface area contributed by atoms with Gasteiger partial charge in [-0.3, -0.25) is 4.79 Å². The van der Waals surface area contributed by atoms with E-state index in [1.165, 1.54) is 0 Å². The number of rotatable bonds is 1. The number of carbonyl (C=O) groups is 2. The predicted molar refractivity (Wildman–Crippen MR) is 61.4 cm³/mol. The second-order valence-electron chi connectivity index (χ2n) is 5.11. The standard InChI is InChI=1S/C11H18ClNO3/c1-7-8(9(12)14)5-6-13(7)10(15)16-11(2,3)4/h7-8H,5-6H2,1-4H3/t7-,8-/m0/s1. The van der Waals surface area contributed by atoms with Crippen LogP contribution in [0.15, 0.2) is 0 Å². The van der Waals surface area contributed by atoms with E-state index in [9.17, 15) is 9.59 Å². The summed E-state index contributed by atoms with van der Waals surface area (Å²) in [5.41, 5.74) is -0.514. The molecule has 0 aromatic rings. The van der Waals surface area contributed by atoms with Crippen molar-refractivity contribution < 1.29 is 14.3 Å². The van der Waals surface area contributed by atoms with Crippen LogP contribution in [0.4, 0.5) is 4.79 Å². The third-order valence-electron chi connectivity index (χ3n) is 2.67. The third-order valence-corrected chi connectivity index (χ3v) is 2.95. The van der Waals surface area contributed by atoms with E-state index in [0.29, 0.717) is 13.0 Å². The van der Waals surface area contributed by atoms with Gasteiger partial charge in [0.15, 0.2) is 0 Å². The minimum Gasteiger partial charge on any atom is -0.444 e. The van der Waals surface area contributed by atoms with Crippen LogP contribution in [0, 0.1) is 5.92 Å². The largest absolute Gasteiger partial charge is 0.444 e. The molecule has 0 bridgehead atoms. The van der Waals surface area contributed by atoms with Gasteiger partial charge in [0.1, 0.15) is 5.60 Å². The summed E-state index contributed by atoms with van der Waals surface area (Å²) in [5, 5.41) is -0.376. The van der Waals surface area contributed by atoms with Crippen LogP contribution in [0.3, 0.4) is 0 Å². The fourth-order valence-corrected chi connectivity index (χ4v) is 2.11.